The van der Waals surface area contributed by atoms with Crippen LogP contribution in [0.25, 0.3) is 6.08 Å². The van der Waals surface area contributed by atoms with Crippen LogP contribution >= 0.6 is 46.6 Å². The molecule has 1 amide bonds. The Kier molecular flexibility index (Phi) is 4.60. The third kappa shape index (κ3) is 3.23. The van der Waals surface area contributed by atoms with Crippen molar-refractivity contribution in [3.63, 3.8) is 0 Å². The highest BCUT2D eigenvalue weighted by Gasteiger charge is 2.33. The Hall–Kier alpha value is -1.25. The maximum absolute atomic E-state index is 13.0. The highest BCUT2D eigenvalue weighted by atomic mass is 127. The first-order valence-electron chi connectivity index (χ1n) is 6.34. The molecule has 1 fully saturated rings. The van der Waals surface area contributed by atoms with Gasteiger partial charge in [-0.2, -0.15) is 0 Å². The highest BCUT2D eigenvalue weighted by molar-refractivity contribution is 14.1. The van der Waals surface area contributed by atoms with Gasteiger partial charge in [0.25, 0.3) is 5.91 Å². The molecule has 1 aliphatic rings. The minimum atomic E-state index is -0.344. The van der Waals surface area contributed by atoms with Gasteiger partial charge >= 0.3 is 0 Å². The number of benzene rings is 2. The van der Waals surface area contributed by atoms with E-state index in [0.717, 1.165) is 9.13 Å². The number of rotatable bonds is 2. The van der Waals surface area contributed by atoms with Gasteiger partial charge in [-0.15, -0.1) is 0 Å². The summed E-state index contributed by atoms with van der Waals surface area (Å²) in [6.07, 6.45) is 1.82. The van der Waals surface area contributed by atoms with Gasteiger partial charge in [-0.25, -0.2) is 4.39 Å². The lowest BCUT2D eigenvalue weighted by Gasteiger charge is -2.14. The first-order valence-corrected chi connectivity index (χ1v) is 8.64. The van der Waals surface area contributed by atoms with E-state index in [0.29, 0.717) is 14.9 Å². The number of thiocarbonyl (C=S) groups is 1. The lowest BCUT2D eigenvalue weighted by Crippen LogP contribution is -2.27. The molecule has 1 saturated heterocycles. The van der Waals surface area contributed by atoms with Gasteiger partial charge in [0.05, 0.1) is 10.6 Å². The van der Waals surface area contributed by atoms with Crippen LogP contribution in [0.4, 0.5) is 10.1 Å². The van der Waals surface area contributed by atoms with Gasteiger partial charge in [0, 0.05) is 3.57 Å². The van der Waals surface area contributed by atoms with Gasteiger partial charge in [0.15, 0.2) is 4.32 Å². The summed E-state index contributed by atoms with van der Waals surface area (Å²) in [7, 11) is 0. The van der Waals surface area contributed by atoms with E-state index in [2.05, 4.69) is 22.6 Å². The van der Waals surface area contributed by atoms with E-state index < -0.39 is 0 Å². The van der Waals surface area contributed by atoms with Crippen molar-refractivity contribution >= 4 is 68.6 Å². The average molecular weight is 441 g/mol. The van der Waals surface area contributed by atoms with Gasteiger partial charge in [-0.05, 0) is 70.6 Å². The molecule has 3 rings (SSSR count). The molecule has 6 heteroatoms. The number of nitrogens with zero attached hydrogens (tertiary/aromatic N) is 1. The SMILES string of the molecule is O=C1/C(=C/c2ccc(I)cc2)SC(=S)N1c1ccc(F)cc1. The molecule has 110 valence electrons. The van der Waals surface area contributed by atoms with Crippen LogP contribution in [0.3, 0.4) is 0 Å². The van der Waals surface area contributed by atoms with Crippen LogP contribution in [0.5, 0.6) is 0 Å². The minimum Gasteiger partial charge on any atom is -0.268 e. The maximum Gasteiger partial charge on any atom is 0.270 e. The van der Waals surface area contributed by atoms with E-state index in [4.69, 9.17) is 12.2 Å². The summed E-state index contributed by atoms with van der Waals surface area (Å²) in [6, 6.07) is 13.6. The summed E-state index contributed by atoms with van der Waals surface area (Å²) in [4.78, 5) is 14.5. The Morgan fingerprint density at radius 2 is 1.73 bits per heavy atom. The fourth-order valence-electron chi connectivity index (χ4n) is 1.99. The van der Waals surface area contributed by atoms with Crippen molar-refractivity contribution < 1.29 is 9.18 Å². The minimum absolute atomic E-state index is 0.180. The molecule has 22 heavy (non-hydrogen) atoms. The van der Waals surface area contributed by atoms with Crippen molar-refractivity contribution in [1.29, 1.82) is 0 Å². The summed E-state index contributed by atoms with van der Waals surface area (Å²) < 4.78 is 14.6. The number of hydrogen-bond acceptors (Lipinski definition) is 3. The van der Waals surface area contributed by atoms with Crippen LogP contribution in [0, 0.1) is 9.39 Å². The first-order chi connectivity index (χ1) is 10.5. The van der Waals surface area contributed by atoms with Crippen molar-refractivity contribution in [3.8, 4) is 0 Å². The summed E-state index contributed by atoms with van der Waals surface area (Å²) in [5.74, 6) is -0.524. The number of amides is 1. The number of anilines is 1. The number of halogens is 2. The first kappa shape index (κ1) is 15.6. The molecule has 0 spiro atoms. The fourth-order valence-corrected chi connectivity index (χ4v) is 3.65. The Balaban J connectivity index is 1.91. The van der Waals surface area contributed by atoms with E-state index in [9.17, 15) is 9.18 Å². The molecule has 0 N–H and O–H groups in total. The zero-order chi connectivity index (χ0) is 15.7. The zero-order valence-corrected chi connectivity index (χ0v) is 14.9. The number of carbonyl (C=O) groups excluding carboxylic acids is 1. The molecule has 1 aliphatic heterocycles. The number of carbonyl (C=O) groups is 1. The van der Waals surface area contributed by atoms with E-state index in [-0.39, 0.29) is 11.7 Å². The molecule has 0 bridgehead atoms. The smallest absolute Gasteiger partial charge is 0.268 e. The fraction of sp³-hybridized carbons (Fsp3) is 0. The predicted molar refractivity (Wildman–Crippen MR) is 101 cm³/mol. The third-order valence-corrected chi connectivity index (χ3v) is 5.07. The van der Waals surface area contributed by atoms with E-state index >= 15 is 0 Å². The molecule has 1 heterocycles. The average Bonchev–Trinajstić information content (AvgIpc) is 2.77. The Bertz CT molecular complexity index is 772. The standard InChI is InChI=1S/C16H9FINOS2/c17-11-3-7-13(8-4-11)19-15(20)14(22-16(19)21)9-10-1-5-12(18)6-2-10/h1-9H/b14-9-. The Morgan fingerprint density at radius 1 is 1.09 bits per heavy atom. The summed E-state index contributed by atoms with van der Waals surface area (Å²) >= 11 is 8.76. The van der Waals surface area contributed by atoms with Crippen molar-refractivity contribution in [1.82, 2.24) is 0 Å². The lowest BCUT2D eigenvalue weighted by atomic mass is 10.2. The molecule has 2 nitrogen and oxygen atoms in total. The second-order valence-corrected chi connectivity index (χ2v) is 7.47. The molecular formula is C16H9FINOS2. The Labute approximate surface area is 150 Å². The maximum atomic E-state index is 13.0. The van der Waals surface area contributed by atoms with E-state index in [1.165, 1.54) is 28.8 Å². The van der Waals surface area contributed by atoms with Crippen molar-refractivity contribution in [2.45, 2.75) is 0 Å². The number of thioether (sulfide) groups is 1. The Morgan fingerprint density at radius 3 is 2.36 bits per heavy atom. The lowest BCUT2D eigenvalue weighted by molar-refractivity contribution is -0.113. The number of hydrogen-bond donors (Lipinski definition) is 0. The summed E-state index contributed by atoms with van der Waals surface area (Å²) in [5.41, 5.74) is 1.52. The molecule has 2 aromatic rings. The van der Waals surface area contributed by atoms with E-state index in [1.54, 1.807) is 12.1 Å². The molecule has 0 saturated carbocycles. The topological polar surface area (TPSA) is 20.3 Å². The third-order valence-electron chi connectivity index (χ3n) is 3.05. The quantitative estimate of drug-likeness (QED) is 0.378. The largest absolute Gasteiger partial charge is 0.270 e. The van der Waals surface area contributed by atoms with Gasteiger partial charge in [0.2, 0.25) is 0 Å². The monoisotopic (exact) mass is 441 g/mol. The van der Waals surface area contributed by atoms with Gasteiger partial charge in [-0.1, -0.05) is 36.1 Å². The molecule has 0 aromatic heterocycles. The summed E-state index contributed by atoms with van der Waals surface area (Å²) in [6.45, 7) is 0. The van der Waals surface area contributed by atoms with Gasteiger partial charge in [-0.3, -0.25) is 9.69 Å². The normalized spacial score (nSPS) is 16.6. The van der Waals surface area contributed by atoms with Gasteiger partial charge in [0.1, 0.15) is 5.82 Å². The molecule has 0 aliphatic carbocycles. The molecule has 0 radical (unpaired) electrons. The van der Waals surface area contributed by atoms with Crippen LogP contribution < -0.4 is 4.90 Å². The summed E-state index contributed by atoms with van der Waals surface area (Å²) in [5, 5.41) is 0. The van der Waals surface area contributed by atoms with Crippen LogP contribution in [0.1, 0.15) is 5.56 Å². The van der Waals surface area contributed by atoms with Crippen molar-refractivity contribution in [2.24, 2.45) is 0 Å². The zero-order valence-electron chi connectivity index (χ0n) is 11.1. The molecular weight excluding hydrogens is 432 g/mol. The van der Waals surface area contributed by atoms with Crippen molar-refractivity contribution in [2.75, 3.05) is 4.90 Å². The van der Waals surface area contributed by atoms with Crippen LogP contribution in [-0.4, -0.2) is 10.2 Å². The highest BCUT2D eigenvalue weighted by Crippen LogP contribution is 2.36. The van der Waals surface area contributed by atoms with Crippen molar-refractivity contribution in [3.05, 3.63) is 68.4 Å². The van der Waals surface area contributed by atoms with E-state index in [1.807, 2.05) is 30.3 Å². The van der Waals surface area contributed by atoms with Crippen LogP contribution in [0.2, 0.25) is 0 Å². The van der Waals surface area contributed by atoms with Crippen LogP contribution in [-0.2, 0) is 4.79 Å². The molecule has 0 unspecified atom stereocenters. The second-order valence-electron chi connectivity index (χ2n) is 4.55. The second kappa shape index (κ2) is 6.47. The van der Waals surface area contributed by atoms with Crippen LogP contribution in [0.15, 0.2) is 53.4 Å². The molecule has 0 atom stereocenters. The molecule has 2 aromatic carbocycles. The predicted octanol–water partition coefficient (Wildman–Crippen LogP) is 4.84. The van der Waals surface area contributed by atoms with Gasteiger partial charge < -0.3 is 0 Å².